The molecular weight excluding hydrogens is 354 g/mol. The number of likely N-dealkylation sites (tertiary alicyclic amines) is 1. The summed E-state index contributed by atoms with van der Waals surface area (Å²) in [4.78, 5) is 14.9. The van der Waals surface area contributed by atoms with Crippen molar-refractivity contribution in [2.75, 3.05) is 27.9 Å². The quantitative estimate of drug-likeness (QED) is 0.696. The molecule has 0 spiro atoms. The molecule has 5 nitrogen and oxygen atoms in total. The zero-order chi connectivity index (χ0) is 20.1. The standard InChI is InChI=1S/C23H27NO4/c1-16-7-10-21(27-3)17(14-16)8-12-23(25)24-13-5-6-20(24)19-15-18(26-2)9-11-22(19)28-4/h7-12,14-15,20H,5-6,13H2,1-4H3. The number of aryl methyl sites for hydroxylation is 1. The first-order valence-electron chi connectivity index (χ1n) is 9.42. The lowest BCUT2D eigenvalue weighted by Crippen LogP contribution is -2.29. The highest BCUT2D eigenvalue weighted by atomic mass is 16.5. The Hall–Kier alpha value is -2.95. The second-order valence-electron chi connectivity index (χ2n) is 6.88. The molecule has 28 heavy (non-hydrogen) atoms. The first-order chi connectivity index (χ1) is 13.6. The summed E-state index contributed by atoms with van der Waals surface area (Å²) in [5.41, 5.74) is 2.99. The van der Waals surface area contributed by atoms with Crippen LogP contribution in [0.5, 0.6) is 17.2 Å². The fraction of sp³-hybridized carbons (Fsp3) is 0.348. The molecule has 1 heterocycles. The van der Waals surface area contributed by atoms with Crippen molar-refractivity contribution in [2.45, 2.75) is 25.8 Å². The summed E-state index contributed by atoms with van der Waals surface area (Å²) >= 11 is 0. The van der Waals surface area contributed by atoms with E-state index in [4.69, 9.17) is 14.2 Å². The van der Waals surface area contributed by atoms with Crippen LogP contribution in [0, 0.1) is 6.92 Å². The summed E-state index contributed by atoms with van der Waals surface area (Å²) in [6.45, 7) is 2.74. The van der Waals surface area contributed by atoms with E-state index in [1.807, 2.05) is 54.3 Å². The predicted octanol–water partition coefficient (Wildman–Crippen LogP) is 4.40. The fourth-order valence-corrected chi connectivity index (χ4v) is 3.69. The van der Waals surface area contributed by atoms with Crippen molar-refractivity contribution >= 4 is 12.0 Å². The third-order valence-corrected chi connectivity index (χ3v) is 5.12. The van der Waals surface area contributed by atoms with Gasteiger partial charge in [-0.05, 0) is 56.2 Å². The molecule has 0 radical (unpaired) electrons. The Morgan fingerprint density at radius 2 is 1.79 bits per heavy atom. The van der Waals surface area contributed by atoms with Crippen LogP contribution in [-0.4, -0.2) is 38.7 Å². The minimum atomic E-state index is -0.0263. The van der Waals surface area contributed by atoms with Gasteiger partial charge in [-0.2, -0.15) is 0 Å². The molecule has 1 saturated heterocycles. The molecule has 2 aromatic rings. The molecule has 5 heteroatoms. The number of ether oxygens (including phenoxy) is 3. The summed E-state index contributed by atoms with van der Waals surface area (Å²) in [7, 11) is 4.92. The highest BCUT2D eigenvalue weighted by molar-refractivity contribution is 5.92. The van der Waals surface area contributed by atoms with Gasteiger partial charge in [0.25, 0.3) is 0 Å². The zero-order valence-corrected chi connectivity index (χ0v) is 16.9. The highest BCUT2D eigenvalue weighted by Gasteiger charge is 2.31. The van der Waals surface area contributed by atoms with Crippen LogP contribution in [0.2, 0.25) is 0 Å². The maximum absolute atomic E-state index is 13.0. The van der Waals surface area contributed by atoms with Gasteiger partial charge in [-0.15, -0.1) is 0 Å². The van der Waals surface area contributed by atoms with E-state index in [2.05, 4.69) is 0 Å². The monoisotopic (exact) mass is 381 g/mol. The van der Waals surface area contributed by atoms with Crippen LogP contribution in [0.1, 0.15) is 35.6 Å². The molecule has 1 amide bonds. The number of methoxy groups -OCH3 is 3. The Morgan fingerprint density at radius 1 is 1.04 bits per heavy atom. The van der Waals surface area contributed by atoms with Gasteiger partial charge in [-0.25, -0.2) is 0 Å². The summed E-state index contributed by atoms with van der Waals surface area (Å²) < 4.78 is 16.3. The normalized spacial score (nSPS) is 16.4. The van der Waals surface area contributed by atoms with Crippen LogP contribution in [0.3, 0.4) is 0 Å². The summed E-state index contributed by atoms with van der Waals surface area (Å²) in [6.07, 6.45) is 5.31. The van der Waals surface area contributed by atoms with Crippen LogP contribution < -0.4 is 14.2 Å². The Morgan fingerprint density at radius 3 is 2.50 bits per heavy atom. The van der Waals surface area contributed by atoms with Crippen molar-refractivity contribution in [3.8, 4) is 17.2 Å². The number of carbonyl (C=O) groups is 1. The van der Waals surface area contributed by atoms with Crippen LogP contribution in [0.25, 0.3) is 6.08 Å². The Labute approximate surface area is 166 Å². The van der Waals surface area contributed by atoms with Crippen molar-refractivity contribution in [2.24, 2.45) is 0 Å². The lowest BCUT2D eigenvalue weighted by molar-refractivity contribution is -0.126. The molecule has 0 aliphatic carbocycles. The average Bonchev–Trinajstić information content (AvgIpc) is 3.21. The zero-order valence-electron chi connectivity index (χ0n) is 16.9. The Bertz CT molecular complexity index is 875. The minimum absolute atomic E-state index is 0.0177. The third-order valence-electron chi connectivity index (χ3n) is 5.12. The van der Waals surface area contributed by atoms with Gasteiger partial charge >= 0.3 is 0 Å². The van der Waals surface area contributed by atoms with Crippen molar-refractivity contribution < 1.29 is 19.0 Å². The van der Waals surface area contributed by atoms with Crippen LogP contribution in [0.15, 0.2) is 42.5 Å². The largest absolute Gasteiger partial charge is 0.497 e. The van der Waals surface area contributed by atoms with Gasteiger partial charge in [0.2, 0.25) is 5.91 Å². The molecule has 0 aromatic heterocycles. The van der Waals surface area contributed by atoms with E-state index in [1.54, 1.807) is 27.4 Å². The molecule has 1 atom stereocenters. The first kappa shape index (κ1) is 19.8. The fourth-order valence-electron chi connectivity index (χ4n) is 3.69. The van der Waals surface area contributed by atoms with E-state index in [1.165, 1.54) is 0 Å². The molecule has 0 bridgehead atoms. The van der Waals surface area contributed by atoms with E-state index in [9.17, 15) is 4.79 Å². The SMILES string of the molecule is COc1ccc(OC)c(C2CCCN2C(=O)C=Cc2cc(C)ccc2OC)c1. The number of rotatable bonds is 6. The second-order valence-corrected chi connectivity index (χ2v) is 6.88. The first-order valence-corrected chi connectivity index (χ1v) is 9.42. The molecular formula is C23H27NO4. The molecule has 0 N–H and O–H groups in total. The number of benzene rings is 2. The van der Waals surface area contributed by atoms with Crippen LogP contribution in [0.4, 0.5) is 0 Å². The number of hydrogen-bond donors (Lipinski definition) is 0. The Balaban J connectivity index is 1.85. The van der Waals surface area contributed by atoms with Crippen molar-refractivity contribution in [3.63, 3.8) is 0 Å². The van der Waals surface area contributed by atoms with Gasteiger partial charge in [0.05, 0.1) is 27.4 Å². The minimum Gasteiger partial charge on any atom is -0.497 e. The van der Waals surface area contributed by atoms with Crippen molar-refractivity contribution in [1.82, 2.24) is 4.90 Å². The number of nitrogens with zero attached hydrogens (tertiary/aromatic N) is 1. The van der Waals surface area contributed by atoms with Gasteiger partial charge in [0.1, 0.15) is 17.2 Å². The van der Waals surface area contributed by atoms with Gasteiger partial charge in [-0.3, -0.25) is 4.79 Å². The van der Waals surface area contributed by atoms with Crippen LogP contribution >= 0.6 is 0 Å². The molecule has 3 rings (SSSR count). The van der Waals surface area contributed by atoms with Gasteiger partial charge < -0.3 is 19.1 Å². The lowest BCUT2D eigenvalue weighted by Gasteiger charge is -2.25. The predicted molar refractivity (Wildman–Crippen MR) is 110 cm³/mol. The van der Waals surface area contributed by atoms with Crippen molar-refractivity contribution in [1.29, 1.82) is 0 Å². The lowest BCUT2D eigenvalue weighted by atomic mass is 10.0. The van der Waals surface area contributed by atoms with Gasteiger partial charge in [0.15, 0.2) is 0 Å². The van der Waals surface area contributed by atoms with E-state index in [-0.39, 0.29) is 11.9 Å². The third kappa shape index (κ3) is 4.14. The van der Waals surface area contributed by atoms with E-state index < -0.39 is 0 Å². The van der Waals surface area contributed by atoms with E-state index >= 15 is 0 Å². The molecule has 1 fully saturated rings. The van der Waals surface area contributed by atoms with Gasteiger partial charge in [-0.1, -0.05) is 11.6 Å². The number of hydrogen-bond acceptors (Lipinski definition) is 4. The smallest absolute Gasteiger partial charge is 0.247 e. The summed E-state index contributed by atoms with van der Waals surface area (Å²) in [6, 6.07) is 11.6. The van der Waals surface area contributed by atoms with E-state index in [0.29, 0.717) is 0 Å². The molecule has 1 aliphatic rings. The topological polar surface area (TPSA) is 48.0 Å². The second kappa shape index (κ2) is 8.83. The number of amides is 1. The summed E-state index contributed by atoms with van der Waals surface area (Å²) in [5, 5.41) is 0. The summed E-state index contributed by atoms with van der Waals surface area (Å²) in [5.74, 6) is 2.27. The number of carbonyl (C=O) groups excluding carboxylic acids is 1. The van der Waals surface area contributed by atoms with Gasteiger partial charge in [0, 0.05) is 23.7 Å². The average molecular weight is 381 g/mol. The molecule has 148 valence electrons. The highest BCUT2D eigenvalue weighted by Crippen LogP contribution is 2.39. The molecule has 0 saturated carbocycles. The van der Waals surface area contributed by atoms with E-state index in [0.717, 1.165) is 53.3 Å². The molecule has 2 aromatic carbocycles. The van der Waals surface area contributed by atoms with Crippen LogP contribution in [-0.2, 0) is 4.79 Å². The molecule has 1 aliphatic heterocycles. The Kier molecular flexibility index (Phi) is 6.24. The maximum atomic E-state index is 13.0. The maximum Gasteiger partial charge on any atom is 0.247 e. The molecule has 1 unspecified atom stereocenters. The van der Waals surface area contributed by atoms with Crippen molar-refractivity contribution in [3.05, 3.63) is 59.2 Å².